The van der Waals surface area contributed by atoms with E-state index in [1.807, 2.05) is 0 Å². The third-order valence-corrected chi connectivity index (χ3v) is 26.9. The third-order valence-electron chi connectivity index (χ3n) is 17.4. The molecule has 0 aromatic heterocycles. The number of rotatable bonds is 33. The van der Waals surface area contributed by atoms with Crippen molar-refractivity contribution in [1.29, 1.82) is 0 Å². The molecule has 0 aromatic rings. The molecule has 3 fully saturated rings. The molecule has 0 amide bonds. The average molecular weight is 881 g/mol. The molecular weight excluding hydrogens is 772 g/mol. The van der Waals surface area contributed by atoms with Crippen molar-refractivity contribution < 1.29 is 0 Å². The van der Waals surface area contributed by atoms with Gasteiger partial charge in [-0.15, -0.1) is 27.7 Å². The van der Waals surface area contributed by atoms with E-state index in [-0.39, 0.29) is 7.92 Å². The van der Waals surface area contributed by atoms with Gasteiger partial charge in [-0.25, -0.2) is 0 Å². The Kier molecular flexibility index (Phi) is 26.6. The SMILES string of the molecule is CCCCCCC1(CCCCCC)CCCCC1(P)P(C1(P)CCCCC1(CCCCCC)CCCCCC)C1(P)CCCCC1(CCCCCC)CCCCCC. The van der Waals surface area contributed by atoms with Gasteiger partial charge in [-0.05, 0) is 93.3 Å². The summed E-state index contributed by atoms with van der Waals surface area (Å²) in [7, 11) is 11.9. The first-order valence-electron chi connectivity index (χ1n) is 27.3. The molecule has 0 spiro atoms. The molecule has 344 valence electrons. The summed E-state index contributed by atoms with van der Waals surface area (Å²) in [6.45, 7) is 14.6. The summed E-state index contributed by atoms with van der Waals surface area (Å²) in [6, 6.07) is 0. The van der Waals surface area contributed by atoms with Gasteiger partial charge in [0.25, 0.3) is 0 Å². The summed E-state index contributed by atoms with van der Waals surface area (Å²) in [5, 5.41) is 0. The number of hydrogen-bond donors (Lipinski definition) is 0. The molecule has 0 aromatic carbocycles. The predicted molar refractivity (Wildman–Crippen MR) is 279 cm³/mol. The first-order valence-corrected chi connectivity index (χ1v) is 30.3. The smallest absolute Gasteiger partial charge is 0.0122 e. The van der Waals surface area contributed by atoms with Crippen molar-refractivity contribution in [2.75, 3.05) is 0 Å². The van der Waals surface area contributed by atoms with Crippen molar-refractivity contribution in [3.8, 4) is 0 Å². The zero-order valence-electron chi connectivity index (χ0n) is 40.9. The fraction of sp³-hybridized carbons (Fsp3) is 1.00. The lowest BCUT2D eigenvalue weighted by atomic mass is 9.65. The Labute approximate surface area is 376 Å². The van der Waals surface area contributed by atoms with Gasteiger partial charge < -0.3 is 0 Å². The number of unbranched alkanes of at least 4 members (excludes halogenated alkanes) is 18. The number of hydrogen-bond acceptors (Lipinski definition) is 0. The summed E-state index contributed by atoms with van der Waals surface area (Å²) in [5.41, 5.74) is 1.45. The van der Waals surface area contributed by atoms with Crippen LogP contribution in [0.1, 0.15) is 311 Å². The van der Waals surface area contributed by atoms with Crippen LogP contribution in [0.15, 0.2) is 0 Å². The molecule has 3 saturated carbocycles. The van der Waals surface area contributed by atoms with Gasteiger partial charge in [-0.1, -0.05) is 242 Å². The molecule has 6 unspecified atom stereocenters. The Balaban J connectivity index is 2.41. The molecule has 6 atom stereocenters. The minimum atomic E-state index is -0.383. The standard InChI is InChI=1S/C54H108P4/c1-7-13-19-25-37-49(38-26-20-14-8-2)43-31-34-46-52(49,55)58(53(56)47-35-32-44-50(53,39-27-21-15-9-3)40-28-22-16-10-4)54(57)48-36-33-45-51(54,41-29-23-17-11-5)42-30-24-18-12-6/h7-48,55-57H2,1-6H3. The summed E-state index contributed by atoms with van der Waals surface area (Å²) in [6.07, 6.45) is 61.5. The largest absolute Gasteiger partial charge is 0.126 e. The second kappa shape index (κ2) is 28.6. The second-order valence-corrected chi connectivity index (χ2v) is 28.9. The van der Waals surface area contributed by atoms with Gasteiger partial charge in [-0.3, -0.25) is 0 Å². The first kappa shape index (κ1) is 54.1. The molecule has 3 aliphatic rings. The third kappa shape index (κ3) is 13.9. The molecule has 0 nitrogen and oxygen atoms in total. The summed E-state index contributed by atoms with van der Waals surface area (Å²) < 4.78 is 0. The van der Waals surface area contributed by atoms with Crippen LogP contribution in [0, 0.1) is 16.2 Å². The Morgan fingerprint density at radius 2 is 0.466 bits per heavy atom. The minimum Gasteiger partial charge on any atom is -0.126 e. The molecule has 3 aliphatic carbocycles. The van der Waals surface area contributed by atoms with Crippen LogP contribution in [0.5, 0.6) is 0 Å². The summed E-state index contributed by atoms with van der Waals surface area (Å²) in [5.74, 6) is 0. The van der Waals surface area contributed by atoms with Gasteiger partial charge in [0.15, 0.2) is 0 Å². The van der Waals surface area contributed by atoms with Crippen LogP contribution >= 0.6 is 35.6 Å². The zero-order chi connectivity index (χ0) is 42.3. The quantitative estimate of drug-likeness (QED) is 0.0455. The molecule has 0 aliphatic heterocycles. The Bertz CT molecular complexity index is 878. The molecule has 0 radical (unpaired) electrons. The molecule has 58 heavy (non-hydrogen) atoms. The van der Waals surface area contributed by atoms with Crippen LogP contribution in [-0.4, -0.2) is 14.7 Å². The van der Waals surface area contributed by atoms with Gasteiger partial charge in [0.05, 0.1) is 0 Å². The van der Waals surface area contributed by atoms with E-state index in [1.54, 1.807) is 0 Å². The van der Waals surface area contributed by atoms with Crippen molar-refractivity contribution in [2.24, 2.45) is 16.2 Å². The van der Waals surface area contributed by atoms with Crippen molar-refractivity contribution in [1.82, 2.24) is 0 Å². The normalized spacial score (nSPS) is 27.5. The van der Waals surface area contributed by atoms with Gasteiger partial charge in [-0.2, -0.15) is 0 Å². The van der Waals surface area contributed by atoms with Crippen molar-refractivity contribution in [3.05, 3.63) is 0 Å². The maximum Gasteiger partial charge on any atom is 0.0122 e. The van der Waals surface area contributed by atoms with Gasteiger partial charge in [0.2, 0.25) is 0 Å². The fourth-order valence-corrected chi connectivity index (χ4v) is 27.0. The highest BCUT2D eigenvalue weighted by molar-refractivity contribution is 7.79. The lowest BCUT2D eigenvalue weighted by Gasteiger charge is -2.73. The van der Waals surface area contributed by atoms with Gasteiger partial charge in [0, 0.05) is 14.7 Å². The van der Waals surface area contributed by atoms with E-state index in [2.05, 4.69) is 69.3 Å². The van der Waals surface area contributed by atoms with Crippen molar-refractivity contribution >= 4 is 35.6 Å². The predicted octanol–water partition coefficient (Wildman–Crippen LogP) is 20.7. The molecule has 3 rings (SSSR count). The van der Waals surface area contributed by atoms with E-state index >= 15 is 0 Å². The minimum absolute atomic E-state index is 0.368. The molecule has 0 heterocycles. The van der Waals surface area contributed by atoms with Crippen LogP contribution in [0.4, 0.5) is 0 Å². The van der Waals surface area contributed by atoms with Crippen molar-refractivity contribution in [3.63, 3.8) is 0 Å². The maximum atomic E-state index is 4.09. The molecule has 4 heteroatoms. The Morgan fingerprint density at radius 3 is 0.655 bits per heavy atom. The average Bonchev–Trinajstić information content (AvgIpc) is 3.22. The highest BCUT2D eigenvalue weighted by Crippen LogP contribution is 2.90. The van der Waals surface area contributed by atoms with Crippen LogP contribution < -0.4 is 0 Å². The van der Waals surface area contributed by atoms with Crippen molar-refractivity contribution in [2.45, 2.75) is 326 Å². The summed E-state index contributed by atoms with van der Waals surface area (Å²) >= 11 is 0. The molecule has 0 saturated heterocycles. The van der Waals surface area contributed by atoms with E-state index in [4.69, 9.17) is 0 Å². The highest BCUT2D eigenvalue weighted by atomic mass is 31.2. The van der Waals surface area contributed by atoms with Crippen LogP contribution in [0.2, 0.25) is 0 Å². The lowest BCUT2D eigenvalue weighted by Crippen LogP contribution is -2.60. The van der Waals surface area contributed by atoms with Gasteiger partial charge in [0.1, 0.15) is 0 Å². The van der Waals surface area contributed by atoms with E-state index in [0.717, 1.165) is 0 Å². The molecule has 0 bridgehead atoms. The van der Waals surface area contributed by atoms with Crippen LogP contribution in [0.3, 0.4) is 0 Å². The summed E-state index contributed by atoms with van der Waals surface area (Å²) in [4.78, 5) is 1.11. The molecular formula is C54H108P4. The van der Waals surface area contributed by atoms with Gasteiger partial charge >= 0.3 is 0 Å². The van der Waals surface area contributed by atoms with E-state index in [1.165, 1.54) is 270 Å². The van der Waals surface area contributed by atoms with E-state index < -0.39 is 0 Å². The highest BCUT2D eigenvalue weighted by Gasteiger charge is 2.70. The fourth-order valence-electron chi connectivity index (χ4n) is 13.9. The second-order valence-electron chi connectivity index (χ2n) is 21.4. The van der Waals surface area contributed by atoms with E-state index in [0.29, 0.717) is 30.9 Å². The zero-order valence-corrected chi connectivity index (χ0v) is 45.2. The van der Waals surface area contributed by atoms with E-state index in [9.17, 15) is 0 Å². The van der Waals surface area contributed by atoms with Crippen LogP contribution in [0.25, 0.3) is 0 Å². The topological polar surface area (TPSA) is 0 Å². The first-order chi connectivity index (χ1) is 28.1. The lowest BCUT2D eigenvalue weighted by molar-refractivity contribution is 0.0977. The monoisotopic (exact) mass is 881 g/mol. The maximum absolute atomic E-state index is 4.09. The Hall–Kier alpha value is 1.72. The van der Waals surface area contributed by atoms with Crippen LogP contribution in [-0.2, 0) is 0 Å². The Morgan fingerprint density at radius 1 is 0.276 bits per heavy atom. The molecule has 0 N–H and O–H groups in total.